The van der Waals surface area contributed by atoms with Gasteiger partial charge in [0.1, 0.15) is 0 Å². The fourth-order valence-electron chi connectivity index (χ4n) is 17.0. The molecule has 4 atom stereocenters. The van der Waals surface area contributed by atoms with Gasteiger partial charge in [-0.05, 0) is 154 Å². The standard InChI is InChI=1S/C60H58/c1-7-19-47(20-8-1)31-33-53-35-55(49-23-11-3-12-24-49)41-56(36-53,50-25-13-4-14-26-50)44-59(39-53,43-55)60-40-54(34-32-48-21-9-2-10-22-48)37-57(45-60,51-27-15-5-16-28-51)42-58(38-54,46-60)52-29-17-6-18-30-52/h1-34H,35-46H2. The molecular formula is C60H58. The van der Waals surface area contributed by atoms with Crippen molar-refractivity contribution in [3.05, 3.63) is 228 Å². The van der Waals surface area contributed by atoms with Crippen molar-refractivity contribution in [2.24, 2.45) is 21.7 Å². The normalized spacial score (nSPS) is 37.3. The molecule has 60 heavy (non-hydrogen) atoms. The summed E-state index contributed by atoms with van der Waals surface area (Å²) < 4.78 is 0. The zero-order valence-corrected chi connectivity index (χ0v) is 35.1. The molecule has 0 amide bonds. The van der Waals surface area contributed by atoms with E-state index in [1.807, 2.05) is 0 Å². The fraction of sp³-hybridized carbons (Fsp3) is 0.333. The van der Waals surface area contributed by atoms with Crippen molar-refractivity contribution in [3.8, 4) is 0 Å². The summed E-state index contributed by atoms with van der Waals surface area (Å²) in [6.45, 7) is 0. The average molecular weight is 779 g/mol. The Labute approximate surface area is 358 Å². The highest BCUT2D eigenvalue weighted by atomic mass is 14.8. The van der Waals surface area contributed by atoms with E-state index in [-0.39, 0.29) is 43.3 Å². The molecule has 8 aliphatic carbocycles. The van der Waals surface area contributed by atoms with Gasteiger partial charge < -0.3 is 0 Å². The molecule has 0 saturated heterocycles. The minimum Gasteiger partial charge on any atom is -0.0776 e. The maximum absolute atomic E-state index is 2.77. The second-order valence-corrected chi connectivity index (χ2v) is 21.5. The molecule has 4 unspecified atom stereocenters. The minimum atomic E-state index is 0.0897. The Hall–Kier alpha value is -5.20. The van der Waals surface area contributed by atoms with Crippen LogP contribution >= 0.6 is 0 Å². The first-order chi connectivity index (χ1) is 29.3. The van der Waals surface area contributed by atoms with Crippen molar-refractivity contribution in [1.29, 1.82) is 0 Å². The van der Waals surface area contributed by atoms with Crippen LogP contribution in [0.1, 0.15) is 110 Å². The molecule has 8 fully saturated rings. The number of allylic oxidation sites excluding steroid dienone is 2. The topological polar surface area (TPSA) is 0 Å². The Morgan fingerprint density at radius 2 is 0.500 bits per heavy atom. The van der Waals surface area contributed by atoms with Gasteiger partial charge in [0.2, 0.25) is 0 Å². The molecule has 0 nitrogen and oxygen atoms in total. The van der Waals surface area contributed by atoms with E-state index in [1.54, 1.807) is 22.3 Å². The second kappa shape index (κ2) is 13.1. The summed E-state index contributed by atoms with van der Waals surface area (Å²) in [4.78, 5) is 0. The van der Waals surface area contributed by atoms with Crippen molar-refractivity contribution < 1.29 is 0 Å². The maximum atomic E-state index is 2.77. The third-order valence-corrected chi connectivity index (χ3v) is 17.7. The van der Waals surface area contributed by atoms with Crippen molar-refractivity contribution in [3.63, 3.8) is 0 Å². The van der Waals surface area contributed by atoms with Gasteiger partial charge in [-0.2, -0.15) is 0 Å². The van der Waals surface area contributed by atoms with E-state index in [0.29, 0.717) is 0 Å². The highest BCUT2D eigenvalue weighted by molar-refractivity contribution is 5.55. The van der Waals surface area contributed by atoms with E-state index in [1.165, 1.54) is 88.2 Å². The monoisotopic (exact) mass is 778 g/mol. The zero-order chi connectivity index (χ0) is 40.0. The second-order valence-electron chi connectivity index (χ2n) is 21.5. The van der Waals surface area contributed by atoms with Gasteiger partial charge in [0, 0.05) is 0 Å². The lowest BCUT2D eigenvalue weighted by atomic mass is 9.23. The molecule has 8 bridgehead atoms. The Kier molecular flexibility index (Phi) is 8.03. The van der Waals surface area contributed by atoms with Crippen LogP contribution in [0.3, 0.4) is 0 Å². The van der Waals surface area contributed by atoms with Crippen LogP contribution in [0.15, 0.2) is 194 Å². The van der Waals surface area contributed by atoms with Crippen molar-refractivity contribution in [1.82, 2.24) is 0 Å². The summed E-state index contributed by atoms with van der Waals surface area (Å²) in [7, 11) is 0. The van der Waals surface area contributed by atoms with Crippen LogP contribution in [0.4, 0.5) is 0 Å². The SMILES string of the molecule is C(=CC12CC3(c4ccccc4)CC(c4ccccc4)(C1)CC(C14CC5(C=Cc6ccccc6)CC(c6ccccc6)(CC(c6ccccc6)(C5)C1)C4)(C2)C3)c1ccccc1. The molecule has 6 aromatic carbocycles. The van der Waals surface area contributed by atoms with Crippen LogP contribution in [0, 0.1) is 21.7 Å². The number of hydrogen-bond acceptors (Lipinski definition) is 0. The Bertz CT molecular complexity index is 2260. The minimum absolute atomic E-state index is 0.0897. The summed E-state index contributed by atoms with van der Waals surface area (Å²) in [6, 6.07) is 70.2. The Balaban J connectivity index is 1.13. The third kappa shape index (κ3) is 5.55. The lowest BCUT2D eigenvalue weighted by Crippen LogP contribution is -2.73. The van der Waals surface area contributed by atoms with Crippen molar-refractivity contribution in [2.75, 3.05) is 0 Å². The predicted octanol–water partition coefficient (Wildman–Crippen LogP) is 14.9. The van der Waals surface area contributed by atoms with Crippen LogP contribution in [-0.2, 0) is 21.7 Å². The number of benzene rings is 6. The van der Waals surface area contributed by atoms with E-state index < -0.39 is 0 Å². The number of rotatable bonds is 9. The van der Waals surface area contributed by atoms with Crippen molar-refractivity contribution in [2.45, 2.75) is 98.7 Å². The summed E-state index contributed by atoms with van der Waals surface area (Å²) in [5.74, 6) is 0. The summed E-state index contributed by atoms with van der Waals surface area (Å²) in [5.41, 5.74) is 9.90. The average Bonchev–Trinajstić information content (AvgIpc) is 3.29. The Morgan fingerprint density at radius 1 is 0.250 bits per heavy atom. The predicted molar refractivity (Wildman–Crippen MR) is 249 cm³/mol. The third-order valence-electron chi connectivity index (χ3n) is 17.7. The van der Waals surface area contributed by atoms with Gasteiger partial charge in [-0.3, -0.25) is 0 Å². The van der Waals surface area contributed by atoms with Gasteiger partial charge >= 0.3 is 0 Å². The zero-order valence-electron chi connectivity index (χ0n) is 35.1. The molecule has 8 aliphatic rings. The van der Waals surface area contributed by atoms with Gasteiger partial charge in [-0.25, -0.2) is 0 Å². The smallest absolute Gasteiger partial charge is 0.00248 e. The first-order valence-electron chi connectivity index (χ1n) is 23.0. The van der Waals surface area contributed by atoms with Gasteiger partial charge in [0.05, 0.1) is 0 Å². The van der Waals surface area contributed by atoms with E-state index in [2.05, 4.69) is 206 Å². The molecule has 0 N–H and O–H groups in total. The molecule has 0 aromatic heterocycles. The molecule has 14 rings (SSSR count). The first kappa shape index (κ1) is 36.6. The summed E-state index contributed by atoms with van der Waals surface area (Å²) in [6.07, 6.45) is 25.9. The molecule has 298 valence electrons. The van der Waals surface area contributed by atoms with Gasteiger partial charge in [0.25, 0.3) is 0 Å². The van der Waals surface area contributed by atoms with E-state index in [0.717, 1.165) is 0 Å². The van der Waals surface area contributed by atoms with Crippen LogP contribution in [0.2, 0.25) is 0 Å². The highest BCUT2D eigenvalue weighted by Gasteiger charge is 2.78. The summed E-state index contributed by atoms with van der Waals surface area (Å²) >= 11 is 0. The van der Waals surface area contributed by atoms with Gasteiger partial charge in [0.15, 0.2) is 0 Å². The first-order valence-corrected chi connectivity index (χ1v) is 23.0. The van der Waals surface area contributed by atoms with Crippen LogP contribution in [-0.4, -0.2) is 0 Å². The quantitative estimate of drug-likeness (QED) is 0.137. The molecule has 6 aromatic rings. The molecule has 0 spiro atoms. The molecule has 0 heteroatoms. The number of hydrogen-bond donors (Lipinski definition) is 0. The lowest BCUT2D eigenvalue weighted by Gasteiger charge is -2.80. The fourth-order valence-corrected chi connectivity index (χ4v) is 17.0. The molecule has 0 aliphatic heterocycles. The summed E-state index contributed by atoms with van der Waals surface area (Å²) in [5, 5.41) is 0. The highest BCUT2D eigenvalue weighted by Crippen LogP contribution is 2.86. The lowest BCUT2D eigenvalue weighted by molar-refractivity contribution is -0.247. The van der Waals surface area contributed by atoms with Crippen LogP contribution < -0.4 is 0 Å². The molecule has 0 radical (unpaired) electrons. The Morgan fingerprint density at radius 3 is 0.767 bits per heavy atom. The van der Waals surface area contributed by atoms with E-state index >= 15 is 0 Å². The largest absolute Gasteiger partial charge is 0.0776 e. The molecule has 0 heterocycles. The van der Waals surface area contributed by atoms with E-state index in [9.17, 15) is 0 Å². The van der Waals surface area contributed by atoms with Crippen LogP contribution in [0.25, 0.3) is 12.2 Å². The maximum Gasteiger partial charge on any atom is -0.00248 e. The molecule has 8 saturated carbocycles. The van der Waals surface area contributed by atoms with Gasteiger partial charge in [-0.15, -0.1) is 0 Å². The molecular weight excluding hydrogens is 721 g/mol. The van der Waals surface area contributed by atoms with E-state index in [4.69, 9.17) is 0 Å². The van der Waals surface area contributed by atoms with Crippen molar-refractivity contribution >= 4 is 12.2 Å². The van der Waals surface area contributed by atoms with Gasteiger partial charge in [-0.1, -0.05) is 206 Å². The van der Waals surface area contributed by atoms with Crippen LogP contribution in [0.5, 0.6) is 0 Å².